The maximum atomic E-state index is 12.2. The first kappa shape index (κ1) is 6.86. The minimum absolute atomic E-state index is 0.193. The molecule has 9 heavy (non-hydrogen) atoms. The molecule has 0 aromatic carbocycles. The van der Waals surface area contributed by atoms with Gasteiger partial charge in [-0.05, 0) is 0 Å². The molecule has 0 aromatic rings. The molecule has 1 fully saturated rings. The molecule has 4 heteroatoms. The summed E-state index contributed by atoms with van der Waals surface area (Å²) in [5, 5.41) is 3.40. The van der Waals surface area contributed by atoms with Crippen molar-refractivity contribution in [2.75, 3.05) is 13.1 Å². The van der Waals surface area contributed by atoms with Gasteiger partial charge in [0.2, 0.25) is 0 Å². The van der Waals surface area contributed by atoms with Crippen LogP contribution in [0.5, 0.6) is 0 Å². The molecular formula is C5H7F3N. The Balaban J connectivity index is 2.41. The lowest BCUT2D eigenvalue weighted by molar-refractivity contribution is 0.0538. The first-order chi connectivity index (χ1) is 4.22. The highest BCUT2D eigenvalue weighted by atomic mass is 19.2. The van der Waals surface area contributed by atoms with Gasteiger partial charge in [0, 0.05) is 13.1 Å². The maximum absolute atomic E-state index is 12.2. The molecule has 53 valence electrons. The smallest absolute Gasteiger partial charge is 0.165 e. The lowest BCUT2D eigenvalue weighted by Gasteiger charge is -2.22. The highest BCUT2D eigenvalue weighted by Gasteiger charge is 2.33. The lowest BCUT2D eigenvalue weighted by atomic mass is 10.1. The van der Waals surface area contributed by atoms with Gasteiger partial charge in [0.15, 0.2) is 6.17 Å². The fraction of sp³-hybridized carbons (Fsp3) is 1.00. The van der Waals surface area contributed by atoms with E-state index in [1.165, 1.54) is 0 Å². The zero-order chi connectivity index (χ0) is 6.85. The summed E-state index contributed by atoms with van der Waals surface area (Å²) in [7, 11) is 0. The monoisotopic (exact) mass is 138 g/mol. The van der Waals surface area contributed by atoms with Crippen molar-refractivity contribution in [1.29, 1.82) is 0 Å². The predicted octanol–water partition coefficient (Wildman–Crippen LogP) is 0.619. The normalized spacial score (nSPS) is 45.0. The van der Waals surface area contributed by atoms with Crippen molar-refractivity contribution in [2.45, 2.75) is 18.5 Å². The minimum Gasteiger partial charge on any atom is -0.243 e. The average Bonchev–Trinajstić information content (AvgIpc) is 1.83. The van der Waals surface area contributed by atoms with Crippen LogP contribution in [0.4, 0.5) is 13.2 Å². The molecule has 1 aliphatic rings. The second-order valence-electron chi connectivity index (χ2n) is 2.07. The van der Waals surface area contributed by atoms with Gasteiger partial charge in [0.1, 0.15) is 12.3 Å². The van der Waals surface area contributed by atoms with Gasteiger partial charge in [-0.1, -0.05) is 0 Å². The largest absolute Gasteiger partial charge is 0.243 e. The van der Waals surface area contributed by atoms with Crippen molar-refractivity contribution in [2.24, 2.45) is 0 Å². The zero-order valence-corrected chi connectivity index (χ0v) is 4.73. The van der Waals surface area contributed by atoms with E-state index < -0.39 is 18.5 Å². The van der Waals surface area contributed by atoms with Gasteiger partial charge < -0.3 is 0 Å². The molecule has 1 nitrogen and oxygen atoms in total. The third kappa shape index (κ3) is 1.36. The zero-order valence-electron chi connectivity index (χ0n) is 4.73. The fourth-order valence-corrected chi connectivity index (χ4v) is 0.749. The Kier molecular flexibility index (Phi) is 1.95. The minimum atomic E-state index is -1.96. The van der Waals surface area contributed by atoms with Gasteiger partial charge in [-0.15, -0.1) is 0 Å². The van der Waals surface area contributed by atoms with Crippen molar-refractivity contribution in [3.63, 3.8) is 0 Å². The Bertz CT molecular complexity index is 88.2. The molecule has 0 N–H and O–H groups in total. The number of piperidine rings is 1. The quantitative estimate of drug-likeness (QED) is 0.466. The van der Waals surface area contributed by atoms with Crippen LogP contribution in [0.1, 0.15) is 0 Å². The molecule has 0 spiro atoms. The highest BCUT2D eigenvalue weighted by molar-refractivity contribution is 4.84. The van der Waals surface area contributed by atoms with Gasteiger partial charge in [-0.3, -0.25) is 0 Å². The second-order valence-corrected chi connectivity index (χ2v) is 2.07. The Morgan fingerprint density at radius 2 is 1.44 bits per heavy atom. The number of halogens is 3. The van der Waals surface area contributed by atoms with Crippen LogP contribution in [-0.2, 0) is 0 Å². The Morgan fingerprint density at radius 1 is 1.00 bits per heavy atom. The summed E-state index contributed by atoms with van der Waals surface area (Å²) in [4.78, 5) is 0. The fourth-order valence-electron chi connectivity index (χ4n) is 0.749. The molecule has 0 saturated carbocycles. The molecule has 1 heterocycles. The maximum Gasteiger partial charge on any atom is 0.165 e. The van der Waals surface area contributed by atoms with Crippen molar-refractivity contribution in [3.05, 3.63) is 0 Å². The molecule has 1 aliphatic heterocycles. The number of nitrogens with zero attached hydrogens (tertiary/aromatic N) is 1. The molecule has 0 amide bonds. The Morgan fingerprint density at radius 3 is 1.78 bits per heavy atom. The lowest BCUT2D eigenvalue weighted by Crippen LogP contribution is -2.44. The van der Waals surface area contributed by atoms with Crippen LogP contribution >= 0.6 is 0 Å². The van der Waals surface area contributed by atoms with Crippen molar-refractivity contribution < 1.29 is 13.2 Å². The van der Waals surface area contributed by atoms with Gasteiger partial charge in [-0.2, -0.15) is 0 Å². The van der Waals surface area contributed by atoms with E-state index in [-0.39, 0.29) is 13.1 Å². The molecule has 0 bridgehead atoms. The van der Waals surface area contributed by atoms with Gasteiger partial charge in [0.25, 0.3) is 0 Å². The van der Waals surface area contributed by atoms with E-state index in [1.807, 2.05) is 0 Å². The Hall–Kier alpha value is -0.250. The number of alkyl halides is 3. The third-order valence-corrected chi connectivity index (χ3v) is 1.30. The molecule has 1 saturated heterocycles. The molecule has 0 aromatic heterocycles. The van der Waals surface area contributed by atoms with E-state index in [0.717, 1.165) is 0 Å². The third-order valence-electron chi connectivity index (χ3n) is 1.30. The van der Waals surface area contributed by atoms with E-state index in [4.69, 9.17) is 0 Å². The van der Waals surface area contributed by atoms with E-state index in [2.05, 4.69) is 5.32 Å². The van der Waals surface area contributed by atoms with E-state index in [1.54, 1.807) is 0 Å². The summed E-state index contributed by atoms with van der Waals surface area (Å²) >= 11 is 0. The van der Waals surface area contributed by atoms with Crippen LogP contribution in [0.3, 0.4) is 0 Å². The SMILES string of the molecule is FC1C[N]CC(F)C1F. The van der Waals surface area contributed by atoms with E-state index >= 15 is 0 Å². The van der Waals surface area contributed by atoms with Crippen LogP contribution in [0.15, 0.2) is 0 Å². The first-order valence-corrected chi connectivity index (χ1v) is 2.77. The van der Waals surface area contributed by atoms with Gasteiger partial charge in [-0.25, -0.2) is 18.5 Å². The van der Waals surface area contributed by atoms with Crippen molar-refractivity contribution in [3.8, 4) is 0 Å². The predicted molar refractivity (Wildman–Crippen MR) is 26.6 cm³/mol. The van der Waals surface area contributed by atoms with Gasteiger partial charge >= 0.3 is 0 Å². The molecule has 2 unspecified atom stereocenters. The van der Waals surface area contributed by atoms with E-state index in [0.29, 0.717) is 0 Å². The van der Waals surface area contributed by atoms with Gasteiger partial charge in [0.05, 0.1) is 0 Å². The first-order valence-electron chi connectivity index (χ1n) is 2.77. The van der Waals surface area contributed by atoms with E-state index in [9.17, 15) is 13.2 Å². The van der Waals surface area contributed by atoms with Crippen LogP contribution in [-0.4, -0.2) is 31.6 Å². The molecule has 0 aliphatic carbocycles. The average molecular weight is 138 g/mol. The standard InChI is InChI=1S/C5H7F3N/c6-3-1-9-2-4(7)5(3)8/h3-5H,1-2H2. The highest BCUT2D eigenvalue weighted by Crippen LogP contribution is 2.15. The summed E-state index contributed by atoms with van der Waals surface area (Å²) in [6, 6.07) is 0. The summed E-state index contributed by atoms with van der Waals surface area (Å²) in [6.45, 7) is -0.386. The summed E-state index contributed by atoms with van der Waals surface area (Å²) in [5.74, 6) is 0. The van der Waals surface area contributed by atoms with Crippen LogP contribution in [0, 0.1) is 0 Å². The van der Waals surface area contributed by atoms with Crippen molar-refractivity contribution >= 4 is 0 Å². The van der Waals surface area contributed by atoms with Crippen LogP contribution in [0.2, 0.25) is 0 Å². The summed E-state index contributed by atoms with van der Waals surface area (Å²) in [5.41, 5.74) is 0. The molecular weight excluding hydrogens is 131 g/mol. The second kappa shape index (κ2) is 2.56. The topological polar surface area (TPSA) is 14.1 Å². The molecule has 2 atom stereocenters. The summed E-state index contributed by atoms with van der Waals surface area (Å²) in [6.07, 6.45) is -5.41. The van der Waals surface area contributed by atoms with Crippen LogP contribution in [0.25, 0.3) is 0 Å². The molecule has 1 rings (SSSR count). The van der Waals surface area contributed by atoms with Crippen LogP contribution < -0.4 is 5.32 Å². The Labute approximate surface area is 51.2 Å². The summed E-state index contributed by atoms with van der Waals surface area (Å²) < 4.78 is 36.4. The number of hydrogen-bond donors (Lipinski definition) is 0. The number of rotatable bonds is 0. The molecule has 1 radical (unpaired) electrons. The number of hydrogen-bond acceptors (Lipinski definition) is 0. The van der Waals surface area contributed by atoms with Crippen molar-refractivity contribution in [1.82, 2.24) is 5.32 Å².